The van der Waals surface area contributed by atoms with Gasteiger partial charge >= 0.3 is 0 Å². The van der Waals surface area contributed by atoms with Gasteiger partial charge in [-0.05, 0) is 30.5 Å². The van der Waals surface area contributed by atoms with E-state index in [1.165, 1.54) is 28.6 Å². The first-order chi connectivity index (χ1) is 9.03. The minimum absolute atomic E-state index is 0.0406. The Bertz CT molecular complexity index is 574. The summed E-state index contributed by atoms with van der Waals surface area (Å²) in [5, 5.41) is 8.59. The lowest BCUT2D eigenvalue weighted by atomic mass is 10.2. The van der Waals surface area contributed by atoms with Crippen LogP contribution in [0.1, 0.15) is 24.8 Å². The maximum atomic E-state index is 12.8. The third-order valence-corrected chi connectivity index (χ3v) is 4.91. The Morgan fingerprint density at radius 2 is 1.95 bits per heavy atom. The van der Waals surface area contributed by atoms with Gasteiger partial charge in [-0.15, -0.1) is 0 Å². The topological polar surface area (TPSA) is 61.2 Å². The molecule has 0 heterocycles. The lowest BCUT2D eigenvalue weighted by molar-refractivity contribution is 0.410. The Labute approximate surface area is 112 Å². The van der Waals surface area contributed by atoms with E-state index in [0.29, 0.717) is 5.56 Å². The molecule has 0 aliphatic heterocycles. The summed E-state index contributed by atoms with van der Waals surface area (Å²) in [6.45, 7) is 0.241. The third kappa shape index (κ3) is 3.75. The number of halogens is 1. The quantitative estimate of drug-likeness (QED) is 0.802. The summed E-state index contributed by atoms with van der Waals surface area (Å²) in [6.07, 6.45) is 1.90. The zero-order valence-electron chi connectivity index (χ0n) is 10.4. The van der Waals surface area contributed by atoms with Crippen molar-refractivity contribution < 1.29 is 12.8 Å². The molecule has 1 aromatic carbocycles. The molecular weight excluding hydrogens is 267 g/mol. The van der Waals surface area contributed by atoms with Gasteiger partial charge < -0.3 is 0 Å². The maximum absolute atomic E-state index is 12.8. The van der Waals surface area contributed by atoms with Gasteiger partial charge in [-0.25, -0.2) is 12.8 Å². The summed E-state index contributed by atoms with van der Waals surface area (Å²) >= 11 is 0. The number of sulfonamides is 1. The van der Waals surface area contributed by atoms with Crippen molar-refractivity contribution in [3.63, 3.8) is 0 Å². The SMILES string of the molecule is N#CCCN(C1CC1)S(=O)(=O)Cc1ccc(F)cc1. The van der Waals surface area contributed by atoms with Gasteiger partial charge in [0.15, 0.2) is 0 Å². The molecule has 1 fully saturated rings. The van der Waals surface area contributed by atoms with Crippen molar-refractivity contribution in [2.75, 3.05) is 6.54 Å². The highest BCUT2D eigenvalue weighted by molar-refractivity contribution is 7.88. The first kappa shape index (κ1) is 14.0. The van der Waals surface area contributed by atoms with Crippen LogP contribution in [-0.2, 0) is 15.8 Å². The lowest BCUT2D eigenvalue weighted by Gasteiger charge is -2.20. The van der Waals surface area contributed by atoms with Gasteiger partial charge in [0.05, 0.1) is 11.8 Å². The van der Waals surface area contributed by atoms with Gasteiger partial charge in [0.2, 0.25) is 10.0 Å². The minimum atomic E-state index is -3.44. The van der Waals surface area contributed by atoms with Crippen LogP contribution in [0.3, 0.4) is 0 Å². The van der Waals surface area contributed by atoms with Gasteiger partial charge in [-0.1, -0.05) is 12.1 Å². The fourth-order valence-electron chi connectivity index (χ4n) is 1.95. The monoisotopic (exact) mass is 282 g/mol. The Morgan fingerprint density at radius 3 is 2.47 bits per heavy atom. The van der Waals surface area contributed by atoms with Gasteiger partial charge in [0.1, 0.15) is 5.82 Å². The summed E-state index contributed by atoms with van der Waals surface area (Å²) in [4.78, 5) is 0. The Hall–Kier alpha value is -1.45. The molecule has 0 atom stereocenters. The lowest BCUT2D eigenvalue weighted by Crippen LogP contribution is -2.34. The second kappa shape index (κ2) is 5.68. The molecule has 0 bridgehead atoms. The largest absolute Gasteiger partial charge is 0.218 e. The number of nitriles is 1. The molecular formula is C13H15FN2O2S. The van der Waals surface area contributed by atoms with Crippen LogP contribution < -0.4 is 0 Å². The number of nitrogens with zero attached hydrogens (tertiary/aromatic N) is 2. The Kier molecular flexibility index (Phi) is 4.17. The molecule has 2 rings (SSSR count). The molecule has 1 aliphatic carbocycles. The molecule has 0 radical (unpaired) electrons. The van der Waals surface area contributed by atoms with Gasteiger partial charge in [-0.3, -0.25) is 0 Å². The fraction of sp³-hybridized carbons (Fsp3) is 0.462. The van der Waals surface area contributed by atoms with Crippen molar-refractivity contribution >= 4 is 10.0 Å². The zero-order chi connectivity index (χ0) is 13.9. The number of hydrogen-bond donors (Lipinski definition) is 0. The molecule has 6 heteroatoms. The average Bonchev–Trinajstić information content (AvgIpc) is 3.16. The smallest absolute Gasteiger partial charge is 0.212 e. The van der Waals surface area contributed by atoms with Gasteiger partial charge in [-0.2, -0.15) is 9.57 Å². The van der Waals surface area contributed by atoms with Crippen LogP contribution in [0, 0.1) is 17.1 Å². The van der Waals surface area contributed by atoms with E-state index in [-0.39, 0.29) is 30.6 Å². The highest BCUT2D eigenvalue weighted by Crippen LogP contribution is 2.30. The molecule has 0 unspecified atom stereocenters. The second-order valence-electron chi connectivity index (χ2n) is 4.63. The van der Waals surface area contributed by atoms with Crippen LogP contribution in [0.2, 0.25) is 0 Å². The maximum Gasteiger partial charge on any atom is 0.218 e. The summed E-state index contributed by atoms with van der Waals surface area (Å²) in [5.74, 6) is -0.528. The number of benzene rings is 1. The molecule has 1 aromatic rings. The Morgan fingerprint density at radius 1 is 1.32 bits per heavy atom. The molecule has 1 aliphatic rings. The van der Waals surface area contributed by atoms with E-state index in [4.69, 9.17) is 5.26 Å². The van der Waals surface area contributed by atoms with Crippen molar-refractivity contribution in [1.29, 1.82) is 5.26 Å². The van der Waals surface area contributed by atoms with E-state index in [9.17, 15) is 12.8 Å². The first-order valence-electron chi connectivity index (χ1n) is 6.14. The highest BCUT2D eigenvalue weighted by atomic mass is 32.2. The van der Waals surface area contributed by atoms with E-state index in [2.05, 4.69) is 0 Å². The van der Waals surface area contributed by atoms with Crippen molar-refractivity contribution in [3.05, 3.63) is 35.6 Å². The summed E-state index contributed by atoms with van der Waals surface area (Å²) < 4.78 is 38.8. The van der Waals surface area contributed by atoms with Crippen LogP contribution >= 0.6 is 0 Å². The van der Waals surface area contributed by atoms with Crippen LogP contribution in [-0.4, -0.2) is 25.3 Å². The van der Waals surface area contributed by atoms with Crippen LogP contribution in [0.15, 0.2) is 24.3 Å². The van der Waals surface area contributed by atoms with E-state index in [0.717, 1.165) is 12.8 Å². The zero-order valence-corrected chi connectivity index (χ0v) is 11.2. The van der Waals surface area contributed by atoms with Crippen LogP contribution in [0.4, 0.5) is 4.39 Å². The van der Waals surface area contributed by atoms with E-state index < -0.39 is 10.0 Å². The average molecular weight is 282 g/mol. The molecule has 0 saturated heterocycles. The van der Waals surface area contributed by atoms with Crippen LogP contribution in [0.5, 0.6) is 0 Å². The summed E-state index contributed by atoms with van der Waals surface area (Å²) in [6, 6.07) is 7.46. The molecule has 0 spiro atoms. The van der Waals surface area contributed by atoms with Crippen molar-refractivity contribution in [2.24, 2.45) is 0 Å². The fourth-order valence-corrected chi connectivity index (χ4v) is 3.76. The second-order valence-corrected chi connectivity index (χ2v) is 6.55. The predicted octanol–water partition coefficient (Wildman–Crippen LogP) is 2.03. The first-order valence-corrected chi connectivity index (χ1v) is 7.75. The van der Waals surface area contributed by atoms with Crippen molar-refractivity contribution in [1.82, 2.24) is 4.31 Å². The Balaban J connectivity index is 2.11. The normalized spacial score (nSPS) is 15.4. The van der Waals surface area contributed by atoms with Crippen molar-refractivity contribution in [3.8, 4) is 6.07 Å². The van der Waals surface area contributed by atoms with Crippen molar-refractivity contribution in [2.45, 2.75) is 31.1 Å². The standard InChI is InChI=1S/C13H15FN2O2S/c14-12-4-2-11(3-5-12)10-19(17,18)16(9-1-8-15)13-6-7-13/h2-5,13H,1,6-7,9-10H2. The van der Waals surface area contributed by atoms with Gasteiger partial charge in [0, 0.05) is 19.0 Å². The molecule has 0 amide bonds. The molecule has 0 N–H and O–H groups in total. The molecule has 1 saturated carbocycles. The predicted molar refractivity (Wildman–Crippen MR) is 69.0 cm³/mol. The minimum Gasteiger partial charge on any atom is -0.212 e. The third-order valence-electron chi connectivity index (χ3n) is 3.02. The van der Waals surface area contributed by atoms with E-state index in [1.54, 1.807) is 0 Å². The summed E-state index contributed by atoms with van der Waals surface area (Å²) in [5.41, 5.74) is 0.559. The molecule has 0 aromatic heterocycles. The number of hydrogen-bond acceptors (Lipinski definition) is 3. The van der Waals surface area contributed by atoms with Gasteiger partial charge in [0.25, 0.3) is 0 Å². The van der Waals surface area contributed by atoms with E-state index >= 15 is 0 Å². The highest BCUT2D eigenvalue weighted by Gasteiger charge is 2.36. The molecule has 102 valence electrons. The molecule has 4 nitrogen and oxygen atoms in total. The summed E-state index contributed by atoms with van der Waals surface area (Å²) in [7, 11) is -3.44. The van der Waals surface area contributed by atoms with E-state index in [1.807, 2.05) is 6.07 Å². The van der Waals surface area contributed by atoms with Crippen LogP contribution in [0.25, 0.3) is 0 Å². The number of rotatable bonds is 6. The molecule has 19 heavy (non-hydrogen) atoms.